The second-order valence-corrected chi connectivity index (χ2v) is 5.14. The highest BCUT2D eigenvalue weighted by molar-refractivity contribution is 5.64. The Morgan fingerprint density at radius 2 is 2.27 bits per heavy atom. The zero-order valence-corrected chi connectivity index (χ0v) is 9.57. The Bertz CT molecular complexity index is 390. The summed E-state index contributed by atoms with van der Waals surface area (Å²) in [6, 6.07) is 2.00. The van der Waals surface area contributed by atoms with Gasteiger partial charge in [0.1, 0.15) is 0 Å². The first-order chi connectivity index (χ1) is 6.98. The van der Waals surface area contributed by atoms with Gasteiger partial charge in [-0.05, 0) is 29.9 Å². The summed E-state index contributed by atoms with van der Waals surface area (Å²) >= 11 is 0. The lowest BCUT2D eigenvalue weighted by Crippen LogP contribution is -2.25. The highest BCUT2D eigenvalue weighted by atomic mass is 16.3. The average Bonchev–Trinajstić information content (AvgIpc) is 2.47. The van der Waals surface area contributed by atoms with Gasteiger partial charge in [-0.15, -0.1) is 0 Å². The third kappa shape index (κ3) is 2.12. The Balaban J connectivity index is 2.34. The Morgan fingerprint density at radius 3 is 2.80 bits per heavy atom. The van der Waals surface area contributed by atoms with Crippen LogP contribution in [0.1, 0.15) is 32.4 Å². The van der Waals surface area contributed by atoms with Crippen LogP contribution in [0.2, 0.25) is 0 Å². The molecule has 2 rings (SSSR count). The Kier molecular flexibility index (Phi) is 2.43. The molecule has 1 aromatic heterocycles. The molecule has 3 heteroatoms. The second-order valence-electron chi connectivity index (χ2n) is 5.14. The van der Waals surface area contributed by atoms with E-state index in [9.17, 15) is 5.11 Å². The topological polar surface area (TPSA) is 38.0 Å². The molecule has 1 N–H and O–H groups in total. The van der Waals surface area contributed by atoms with Gasteiger partial charge in [0.2, 0.25) is 0 Å². The summed E-state index contributed by atoms with van der Waals surface area (Å²) in [6.45, 7) is 4.39. The number of hydrogen-bond acceptors (Lipinski definition) is 2. The molecule has 1 aliphatic carbocycles. The van der Waals surface area contributed by atoms with E-state index >= 15 is 0 Å². The molecule has 82 valence electrons. The number of nitrogens with zero attached hydrogens (tertiary/aromatic N) is 2. The minimum atomic E-state index is -0.321. The van der Waals surface area contributed by atoms with Gasteiger partial charge in [0.05, 0.1) is 11.8 Å². The van der Waals surface area contributed by atoms with Crippen molar-refractivity contribution < 1.29 is 5.11 Å². The molecule has 1 heterocycles. The second kappa shape index (κ2) is 3.49. The molecule has 0 aliphatic heterocycles. The van der Waals surface area contributed by atoms with Crippen LogP contribution in [0.15, 0.2) is 18.3 Å². The minimum Gasteiger partial charge on any atom is -0.389 e. The van der Waals surface area contributed by atoms with E-state index < -0.39 is 0 Å². The van der Waals surface area contributed by atoms with E-state index in [0.717, 1.165) is 18.5 Å². The number of aliphatic hydroxyl groups excluding tert-OH is 1. The predicted molar refractivity (Wildman–Crippen MR) is 60.2 cm³/mol. The van der Waals surface area contributed by atoms with Crippen molar-refractivity contribution in [3.05, 3.63) is 24.0 Å². The lowest BCUT2D eigenvalue weighted by molar-refractivity contribution is 0.146. The number of hydrogen-bond donors (Lipinski definition) is 1. The first-order valence-electron chi connectivity index (χ1n) is 5.35. The minimum absolute atomic E-state index is 0.174. The van der Waals surface area contributed by atoms with Crippen molar-refractivity contribution in [2.45, 2.75) is 32.8 Å². The zero-order chi connectivity index (χ0) is 11.1. The molecule has 3 nitrogen and oxygen atoms in total. The highest BCUT2D eigenvalue weighted by Crippen LogP contribution is 2.39. The molecular formula is C12H18N2O. The van der Waals surface area contributed by atoms with E-state index in [-0.39, 0.29) is 11.5 Å². The summed E-state index contributed by atoms with van der Waals surface area (Å²) in [4.78, 5) is 0. The van der Waals surface area contributed by atoms with Crippen LogP contribution in [-0.4, -0.2) is 21.0 Å². The molecule has 0 amide bonds. The molecule has 0 aromatic carbocycles. The summed E-state index contributed by atoms with van der Waals surface area (Å²) in [5.74, 6) is 0. The molecule has 15 heavy (non-hydrogen) atoms. The fourth-order valence-corrected chi connectivity index (χ4v) is 2.37. The number of aromatic nitrogens is 2. The largest absolute Gasteiger partial charge is 0.389 e. The van der Waals surface area contributed by atoms with Gasteiger partial charge in [0.25, 0.3) is 0 Å². The Labute approximate surface area is 90.4 Å². The van der Waals surface area contributed by atoms with Crippen LogP contribution in [0.5, 0.6) is 0 Å². The lowest BCUT2D eigenvalue weighted by atomic mass is 9.75. The standard InChI is InChI=1S/C12H18N2O/c1-12(2)7-9(6-10(15)8-12)11-4-5-13-14(11)3/h4-6,10,15H,7-8H2,1-3H3. The molecule has 1 unspecified atom stereocenters. The van der Waals surface area contributed by atoms with Crippen molar-refractivity contribution in [2.24, 2.45) is 12.5 Å². The van der Waals surface area contributed by atoms with Gasteiger partial charge in [-0.3, -0.25) is 4.68 Å². The van der Waals surface area contributed by atoms with Crippen LogP contribution in [0.25, 0.3) is 5.57 Å². The van der Waals surface area contributed by atoms with E-state index in [1.165, 1.54) is 5.57 Å². The molecule has 0 bridgehead atoms. The van der Waals surface area contributed by atoms with Crippen LogP contribution in [0.4, 0.5) is 0 Å². The van der Waals surface area contributed by atoms with Crippen molar-refractivity contribution in [1.29, 1.82) is 0 Å². The SMILES string of the molecule is Cn1nccc1C1=CC(O)CC(C)(C)C1. The molecule has 0 radical (unpaired) electrons. The molecule has 0 fully saturated rings. The maximum atomic E-state index is 9.80. The highest BCUT2D eigenvalue weighted by Gasteiger charge is 2.28. The fraction of sp³-hybridized carbons (Fsp3) is 0.583. The van der Waals surface area contributed by atoms with Crippen LogP contribution in [0, 0.1) is 5.41 Å². The maximum absolute atomic E-state index is 9.80. The summed E-state index contributed by atoms with van der Waals surface area (Å²) in [5, 5.41) is 14.0. The molecule has 0 spiro atoms. The first kappa shape index (κ1) is 10.4. The van der Waals surface area contributed by atoms with Gasteiger partial charge in [0, 0.05) is 13.2 Å². The number of aryl methyl sites for hydroxylation is 1. The quantitative estimate of drug-likeness (QED) is 0.763. The van der Waals surface area contributed by atoms with E-state index in [2.05, 4.69) is 18.9 Å². The normalized spacial score (nSPS) is 25.1. The van der Waals surface area contributed by atoms with E-state index in [4.69, 9.17) is 0 Å². The first-order valence-corrected chi connectivity index (χ1v) is 5.35. The summed E-state index contributed by atoms with van der Waals surface area (Å²) in [7, 11) is 1.93. The van der Waals surface area contributed by atoms with Gasteiger partial charge in [-0.2, -0.15) is 5.10 Å². The van der Waals surface area contributed by atoms with Crippen molar-refractivity contribution in [3.63, 3.8) is 0 Å². The molecule has 1 aromatic rings. The molecule has 0 saturated heterocycles. The molecular weight excluding hydrogens is 188 g/mol. The van der Waals surface area contributed by atoms with E-state index in [1.807, 2.05) is 23.9 Å². The van der Waals surface area contributed by atoms with Crippen molar-refractivity contribution in [2.75, 3.05) is 0 Å². The van der Waals surface area contributed by atoms with Crippen molar-refractivity contribution in [3.8, 4) is 0 Å². The van der Waals surface area contributed by atoms with Gasteiger partial charge in [-0.25, -0.2) is 0 Å². The van der Waals surface area contributed by atoms with Gasteiger partial charge >= 0.3 is 0 Å². The molecule has 1 atom stereocenters. The average molecular weight is 206 g/mol. The molecule has 0 saturated carbocycles. The van der Waals surface area contributed by atoms with Gasteiger partial charge < -0.3 is 5.11 Å². The fourth-order valence-electron chi connectivity index (χ4n) is 2.37. The summed E-state index contributed by atoms with van der Waals surface area (Å²) in [5.41, 5.74) is 2.49. The Hall–Kier alpha value is -1.09. The Morgan fingerprint density at radius 1 is 1.53 bits per heavy atom. The third-order valence-electron chi connectivity index (χ3n) is 2.97. The van der Waals surface area contributed by atoms with E-state index in [1.54, 1.807) is 6.20 Å². The zero-order valence-electron chi connectivity index (χ0n) is 9.57. The lowest BCUT2D eigenvalue weighted by Gasteiger charge is -2.32. The van der Waals surface area contributed by atoms with Crippen LogP contribution in [-0.2, 0) is 7.05 Å². The number of aliphatic hydroxyl groups is 1. The van der Waals surface area contributed by atoms with Crippen LogP contribution in [0.3, 0.4) is 0 Å². The monoisotopic (exact) mass is 206 g/mol. The van der Waals surface area contributed by atoms with E-state index in [0.29, 0.717) is 0 Å². The van der Waals surface area contributed by atoms with Gasteiger partial charge in [0.15, 0.2) is 0 Å². The van der Waals surface area contributed by atoms with Crippen molar-refractivity contribution >= 4 is 5.57 Å². The smallest absolute Gasteiger partial charge is 0.0732 e. The molecule has 1 aliphatic rings. The van der Waals surface area contributed by atoms with Crippen molar-refractivity contribution in [1.82, 2.24) is 9.78 Å². The third-order valence-corrected chi connectivity index (χ3v) is 2.97. The maximum Gasteiger partial charge on any atom is 0.0732 e. The van der Waals surface area contributed by atoms with Gasteiger partial charge in [-0.1, -0.05) is 19.9 Å². The van der Waals surface area contributed by atoms with Crippen LogP contribution >= 0.6 is 0 Å². The van der Waals surface area contributed by atoms with Crippen LogP contribution < -0.4 is 0 Å². The number of rotatable bonds is 1. The summed E-state index contributed by atoms with van der Waals surface area (Å²) in [6.07, 6.45) is 5.28. The number of allylic oxidation sites excluding steroid dienone is 1. The predicted octanol–water partition coefficient (Wildman–Crippen LogP) is 1.98. The summed E-state index contributed by atoms with van der Waals surface area (Å²) < 4.78 is 1.86.